The summed E-state index contributed by atoms with van der Waals surface area (Å²) in [5.74, 6) is -0.308. The molecule has 1 N–H and O–H groups in total. The molecule has 1 amide bonds. The second kappa shape index (κ2) is 6.37. The van der Waals surface area contributed by atoms with Gasteiger partial charge in [0, 0.05) is 19.5 Å². The number of nitrogens with zero attached hydrogens (tertiary/aromatic N) is 1. The van der Waals surface area contributed by atoms with E-state index < -0.39 is 11.5 Å². The van der Waals surface area contributed by atoms with E-state index in [-0.39, 0.29) is 5.97 Å². The average Bonchev–Trinajstić information content (AvgIpc) is 2.37. The summed E-state index contributed by atoms with van der Waals surface area (Å²) in [6, 6.07) is 0. The topological polar surface area (TPSA) is 83.9 Å². The molecule has 0 radical (unpaired) electrons. The monoisotopic (exact) mass is 257 g/mol. The highest BCUT2D eigenvalue weighted by Crippen LogP contribution is 2.37. The van der Waals surface area contributed by atoms with E-state index in [2.05, 4.69) is 0 Å². The fourth-order valence-corrected chi connectivity index (χ4v) is 2.30. The van der Waals surface area contributed by atoms with Crippen molar-refractivity contribution in [3.05, 3.63) is 0 Å². The molecule has 1 heterocycles. The van der Waals surface area contributed by atoms with Gasteiger partial charge in [-0.25, -0.2) is 4.79 Å². The number of piperidine rings is 1. The van der Waals surface area contributed by atoms with Crippen molar-refractivity contribution in [2.75, 3.05) is 19.7 Å². The molecule has 102 valence electrons. The van der Waals surface area contributed by atoms with Crippen LogP contribution < -0.4 is 0 Å². The van der Waals surface area contributed by atoms with Crippen LogP contribution in [-0.2, 0) is 14.3 Å². The van der Waals surface area contributed by atoms with E-state index in [4.69, 9.17) is 9.84 Å². The number of amides is 1. The Hall–Kier alpha value is -1.59. The highest BCUT2D eigenvalue weighted by molar-refractivity contribution is 5.78. The van der Waals surface area contributed by atoms with Crippen molar-refractivity contribution in [2.24, 2.45) is 5.41 Å². The molecule has 6 nitrogen and oxygen atoms in total. The Morgan fingerprint density at radius 1 is 1.39 bits per heavy atom. The van der Waals surface area contributed by atoms with Crippen LogP contribution in [0, 0.1) is 5.41 Å². The lowest BCUT2D eigenvalue weighted by Crippen LogP contribution is -2.46. The van der Waals surface area contributed by atoms with Crippen molar-refractivity contribution in [1.29, 1.82) is 0 Å². The first kappa shape index (κ1) is 14.5. The first-order valence-corrected chi connectivity index (χ1v) is 6.14. The van der Waals surface area contributed by atoms with Gasteiger partial charge in [-0.15, -0.1) is 0 Å². The van der Waals surface area contributed by atoms with Crippen molar-refractivity contribution < 1.29 is 24.2 Å². The van der Waals surface area contributed by atoms with Crippen molar-refractivity contribution in [3.8, 4) is 0 Å². The number of hydrogen-bond acceptors (Lipinski definition) is 4. The van der Waals surface area contributed by atoms with Crippen molar-refractivity contribution in [2.45, 2.75) is 32.6 Å². The first-order valence-electron chi connectivity index (χ1n) is 6.14. The Balaban J connectivity index is 2.72. The molecular formula is C12H19NO5. The van der Waals surface area contributed by atoms with Crippen LogP contribution >= 0.6 is 0 Å². The number of rotatable bonds is 5. The van der Waals surface area contributed by atoms with E-state index in [1.54, 1.807) is 6.92 Å². The van der Waals surface area contributed by atoms with Crippen LogP contribution in [0.3, 0.4) is 0 Å². The van der Waals surface area contributed by atoms with Crippen LogP contribution in [0.15, 0.2) is 0 Å². The zero-order chi connectivity index (χ0) is 13.6. The minimum atomic E-state index is -0.970. The van der Waals surface area contributed by atoms with Gasteiger partial charge in [0.15, 0.2) is 0 Å². The summed E-state index contributed by atoms with van der Waals surface area (Å²) in [6.45, 7) is 2.65. The molecule has 0 atom stereocenters. The molecule has 0 bridgehead atoms. The van der Waals surface area contributed by atoms with Gasteiger partial charge in [-0.1, -0.05) is 0 Å². The van der Waals surface area contributed by atoms with Crippen molar-refractivity contribution >= 4 is 18.3 Å². The third-order valence-corrected chi connectivity index (χ3v) is 3.44. The zero-order valence-corrected chi connectivity index (χ0v) is 10.6. The molecule has 0 unspecified atom stereocenters. The molecule has 1 fully saturated rings. The van der Waals surface area contributed by atoms with Crippen molar-refractivity contribution in [3.63, 3.8) is 0 Å². The van der Waals surface area contributed by atoms with Gasteiger partial charge < -0.3 is 19.5 Å². The molecule has 6 heteroatoms. The Labute approximate surface area is 106 Å². The fraction of sp³-hybridized carbons (Fsp3) is 0.750. The first-order chi connectivity index (χ1) is 8.55. The van der Waals surface area contributed by atoms with Crippen molar-refractivity contribution in [1.82, 2.24) is 4.90 Å². The molecule has 0 spiro atoms. The predicted octanol–water partition coefficient (Wildman–Crippen LogP) is 1.29. The van der Waals surface area contributed by atoms with Crippen LogP contribution in [-0.4, -0.2) is 48.1 Å². The highest BCUT2D eigenvalue weighted by Gasteiger charge is 2.42. The molecule has 1 aliphatic heterocycles. The van der Waals surface area contributed by atoms with E-state index >= 15 is 0 Å². The smallest absolute Gasteiger partial charge is 0.407 e. The molecule has 1 rings (SSSR count). The van der Waals surface area contributed by atoms with E-state index in [1.165, 1.54) is 4.90 Å². The van der Waals surface area contributed by atoms with Gasteiger partial charge in [-0.2, -0.15) is 0 Å². The van der Waals surface area contributed by atoms with Crippen LogP contribution in [0.4, 0.5) is 4.79 Å². The molecular weight excluding hydrogens is 238 g/mol. The summed E-state index contributed by atoms with van der Waals surface area (Å²) in [4.78, 5) is 34.6. The van der Waals surface area contributed by atoms with Gasteiger partial charge in [0.1, 0.15) is 6.29 Å². The largest absolute Gasteiger partial charge is 0.466 e. The Bertz CT molecular complexity index is 320. The number of carbonyl (C=O) groups excluding carboxylic acids is 2. The maximum absolute atomic E-state index is 12.0. The lowest BCUT2D eigenvalue weighted by molar-refractivity contribution is -0.159. The number of hydrogen-bond donors (Lipinski definition) is 1. The second-order valence-electron chi connectivity index (χ2n) is 4.48. The zero-order valence-electron chi connectivity index (χ0n) is 10.6. The molecule has 0 aromatic heterocycles. The third-order valence-electron chi connectivity index (χ3n) is 3.44. The molecule has 0 aliphatic carbocycles. The maximum Gasteiger partial charge on any atom is 0.407 e. The minimum absolute atomic E-state index is 0.296. The summed E-state index contributed by atoms with van der Waals surface area (Å²) in [6.07, 6.45) is 1.39. The van der Waals surface area contributed by atoms with Crippen LogP contribution in [0.5, 0.6) is 0 Å². The number of carbonyl (C=O) groups is 3. The van der Waals surface area contributed by atoms with Crippen LogP contribution in [0.2, 0.25) is 0 Å². The van der Waals surface area contributed by atoms with Crippen LogP contribution in [0.1, 0.15) is 32.6 Å². The van der Waals surface area contributed by atoms with Gasteiger partial charge in [-0.05, 0) is 26.2 Å². The molecule has 0 saturated carbocycles. The normalized spacial score (nSPS) is 18.2. The third kappa shape index (κ3) is 3.21. The highest BCUT2D eigenvalue weighted by atomic mass is 16.5. The lowest BCUT2D eigenvalue weighted by Gasteiger charge is -2.38. The minimum Gasteiger partial charge on any atom is -0.466 e. The van der Waals surface area contributed by atoms with E-state index in [9.17, 15) is 14.4 Å². The number of carboxylic acid groups (broad SMARTS) is 1. The maximum atomic E-state index is 12.0. The van der Waals surface area contributed by atoms with Crippen LogP contribution in [0.25, 0.3) is 0 Å². The van der Waals surface area contributed by atoms with Gasteiger partial charge >= 0.3 is 12.1 Å². The van der Waals surface area contributed by atoms with E-state index in [0.717, 1.165) is 6.29 Å². The lowest BCUT2D eigenvalue weighted by atomic mass is 9.75. The van der Waals surface area contributed by atoms with E-state index in [0.29, 0.717) is 45.4 Å². The second-order valence-corrected chi connectivity index (χ2v) is 4.48. The fourth-order valence-electron chi connectivity index (χ4n) is 2.30. The summed E-state index contributed by atoms with van der Waals surface area (Å²) in [7, 11) is 0. The number of esters is 1. The molecule has 18 heavy (non-hydrogen) atoms. The summed E-state index contributed by atoms with van der Waals surface area (Å²) < 4.78 is 5.06. The average molecular weight is 257 g/mol. The summed E-state index contributed by atoms with van der Waals surface area (Å²) in [5, 5.41) is 8.88. The number of aldehydes is 1. The molecule has 1 aliphatic rings. The Morgan fingerprint density at radius 3 is 2.44 bits per heavy atom. The molecule has 0 aromatic carbocycles. The SMILES string of the molecule is CCOC(=O)C1(CCC=O)CCN(C(=O)O)CC1. The van der Waals surface area contributed by atoms with E-state index in [1.807, 2.05) is 0 Å². The number of likely N-dealkylation sites (tertiary alicyclic amines) is 1. The molecule has 0 aromatic rings. The Morgan fingerprint density at radius 2 is 2.00 bits per heavy atom. The standard InChI is InChI=1S/C12H19NO5/c1-2-18-10(15)12(4-3-9-14)5-7-13(8-6-12)11(16)17/h9H,2-8H2,1H3,(H,16,17). The summed E-state index contributed by atoms with van der Waals surface area (Å²) in [5.41, 5.74) is -0.692. The number of ether oxygens (including phenoxy) is 1. The van der Waals surface area contributed by atoms with Gasteiger partial charge in [-0.3, -0.25) is 4.79 Å². The van der Waals surface area contributed by atoms with Gasteiger partial charge in [0.2, 0.25) is 0 Å². The quantitative estimate of drug-likeness (QED) is 0.592. The van der Waals surface area contributed by atoms with Gasteiger partial charge in [0.25, 0.3) is 0 Å². The van der Waals surface area contributed by atoms with Gasteiger partial charge in [0.05, 0.1) is 12.0 Å². The molecule has 1 saturated heterocycles. The summed E-state index contributed by atoms with van der Waals surface area (Å²) >= 11 is 0. The Kier molecular flexibility index (Phi) is 5.12. The predicted molar refractivity (Wildman–Crippen MR) is 63.2 cm³/mol.